The van der Waals surface area contributed by atoms with Crippen LogP contribution < -0.4 is 15.4 Å². The van der Waals surface area contributed by atoms with Crippen molar-refractivity contribution in [1.29, 1.82) is 0 Å². The number of rotatable bonds is 4. The van der Waals surface area contributed by atoms with E-state index in [1.165, 1.54) is 0 Å². The zero-order chi connectivity index (χ0) is 13.7. The molecule has 19 heavy (non-hydrogen) atoms. The van der Waals surface area contributed by atoms with Gasteiger partial charge < -0.3 is 15.4 Å². The summed E-state index contributed by atoms with van der Waals surface area (Å²) >= 11 is 7.92. The molecule has 1 atom stereocenters. The van der Waals surface area contributed by atoms with Crippen LogP contribution in [0.5, 0.6) is 5.75 Å². The Balaban J connectivity index is 1.94. The second kappa shape index (κ2) is 7.03. The van der Waals surface area contributed by atoms with Crippen molar-refractivity contribution in [3.8, 4) is 5.75 Å². The first-order valence-electron chi connectivity index (χ1n) is 6.13. The smallest absolute Gasteiger partial charge is 0.226 e. The summed E-state index contributed by atoms with van der Waals surface area (Å²) in [6, 6.07) is 5.44. The summed E-state index contributed by atoms with van der Waals surface area (Å²) in [7, 11) is 1.58. The van der Waals surface area contributed by atoms with Crippen molar-refractivity contribution in [2.45, 2.75) is 12.5 Å². The highest BCUT2D eigenvalue weighted by atomic mass is 35.5. The van der Waals surface area contributed by atoms with E-state index in [1.54, 1.807) is 25.3 Å². The van der Waals surface area contributed by atoms with Gasteiger partial charge in [0.05, 0.1) is 17.8 Å². The van der Waals surface area contributed by atoms with Crippen molar-refractivity contribution in [3.63, 3.8) is 0 Å². The van der Waals surface area contributed by atoms with Crippen molar-refractivity contribution >= 4 is 35.0 Å². The van der Waals surface area contributed by atoms with Gasteiger partial charge in [0.15, 0.2) is 0 Å². The van der Waals surface area contributed by atoms with E-state index >= 15 is 0 Å². The standard InChI is InChI=1S/C13H17ClN2O2S/c1-18-10-2-3-11(14)12(7-10)16-13(17)6-9-8-19-5-4-15-9/h2-3,7,9,15H,4-6,8H2,1H3,(H,16,17). The number of hydrogen-bond acceptors (Lipinski definition) is 4. The molecule has 1 aromatic carbocycles. The van der Waals surface area contributed by atoms with Crippen LogP contribution in [0.25, 0.3) is 0 Å². The Morgan fingerprint density at radius 2 is 2.47 bits per heavy atom. The molecule has 1 fully saturated rings. The Morgan fingerprint density at radius 1 is 1.63 bits per heavy atom. The molecule has 2 N–H and O–H groups in total. The number of benzene rings is 1. The van der Waals surface area contributed by atoms with Crippen LogP contribution in [0.4, 0.5) is 5.69 Å². The van der Waals surface area contributed by atoms with E-state index < -0.39 is 0 Å². The van der Waals surface area contributed by atoms with Gasteiger partial charge in [-0.15, -0.1) is 0 Å². The molecule has 1 heterocycles. The predicted molar refractivity (Wildman–Crippen MR) is 80.4 cm³/mol. The lowest BCUT2D eigenvalue weighted by molar-refractivity contribution is -0.116. The molecule has 0 radical (unpaired) electrons. The van der Waals surface area contributed by atoms with Crippen molar-refractivity contribution < 1.29 is 9.53 Å². The Bertz CT molecular complexity index is 450. The molecule has 1 aliphatic heterocycles. The predicted octanol–water partition coefficient (Wildman–Crippen LogP) is 2.38. The van der Waals surface area contributed by atoms with E-state index in [2.05, 4.69) is 10.6 Å². The molecule has 1 saturated heterocycles. The van der Waals surface area contributed by atoms with Crippen LogP contribution in [0.1, 0.15) is 6.42 Å². The van der Waals surface area contributed by atoms with E-state index in [9.17, 15) is 4.79 Å². The van der Waals surface area contributed by atoms with Gasteiger partial charge in [-0.1, -0.05) is 11.6 Å². The molecular weight excluding hydrogens is 284 g/mol. The van der Waals surface area contributed by atoms with Crippen molar-refractivity contribution in [2.75, 3.05) is 30.5 Å². The Kier molecular flexibility index (Phi) is 5.36. The number of methoxy groups -OCH3 is 1. The Labute approximate surface area is 122 Å². The first kappa shape index (κ1) is 14.5. The van der Waals surface area contributed by atoms with Crippen molar-refractivity contribution in [3.05, 3.63) is 23.2 Å². The lowest BCUT2D eigenvalue weighted by atomic mass is 10.2. The minimum Gasteiger partial charge on any atom is -0.497 e. The molecule has 0 saturated carbocycles. The fraction of sp³-hybridized carbons (Fsp3) is 0.462. The number of hydrogen-bond donors (Lipinski definition) is 2. The number of halogens is 1. The monoisotopic (exact) mass is 300 g/mol. The largest absolute Gasteiger partial charge is 0.497 e. The normalized spacial score (nSPS) is 18.9. The summed E-state index contributed by atoms with van der Waals surface area (Å²) in [5, 5.41) is 6.68. The summed E-state index contributed by atoms with van der Waals surface area (Å²) in [5.41, 5.74) is 0.592. The van der Waals surface area contributed by atoms with Crippen LogP contribution in [0.15, 0.2) is 18.2 Å². The lowest BCUT2D eigenvalue weighted by Gasteiger charge is -2.22. The number of carbonyl (C=O) groups is 1. The summed E-state index contributed by atoms with van der Waals surface area (Å²) in [6.45, 7) is 0.961. The van der Waals surface area contributed by atoms with Crippen LogP contribution in [-0.4, -0.2) is 37.1 Å². The van der Waals surface area contributed by atoms with Gasteiger partial charge in [0.1, 0.15) is 5.75 Å². The summed E-state index contributed by atoms with van der Waals surface area (Å²) in [6.07, 6.45) is 0.459. The Hall–Kier alpha value is -0.910. The number of amides is 1. The minimum atomic E-state index is -0.0323. The van der Waals surface area contributed by atoms with E-state index in [0.29, 0.717) is 22.9 Å². The maximum Gasteiger partial charge on any atom is 0.226 e. The summed E-state index contributed by atoms with van der Waals surface area (Å²) in [4.78, 5) is 12.0. The molecule has 1 aromatic rings. The fourth-order valence-electron chi connectivity index (χ4n) is 1.90. The van der Waals surface area contributed by atoms with Crippen LogP contribution in [0.2, 0.25) is 5.02 Å². The van der Waals surface area contributed by atoms with Gasteiger partial charge in [0, 0.05) is 36.6 Å². The van der Waals surface area contributed by atoms with Crippen LogP contribution in [0.3, 0.4) is 0 Å². The number of thioether (sulfide) groups is 1. The third-order valence-corrected chi connectivity index (χ3v) is 4.34. The molecule has 1 unspecified atom stereocenters. The Morgan fingerprint density at radius 3 is 3.16 bits per heavy atom. The average molecular weight is 301 g/mol. The van der Waals surface area contributed by atoms with Crippen molar-refractivity contribution in [1.82, 2.24) is 5.32 Å². The highest BCUT2D eigenvalue weighted by molar-refractivity contribution is 7.99. The highest BCUT2D eigenvalue weighted by Crippen LogP contribution is 2.26. The van der Waals surface area contributed by atoms with Crippen LogP contribution in [-0.2, 0) is 4.79 Å². The van der Waals surface area contributed by atoms with Gasteiger partial charge >= 0.3 is 0 Å². The third-order valence-electron chi connectivity index (χ3n) is 2.88. The molecule has 1 aliphatic rings. The molecule has 0 bridgehead atoms. The van der Waals surface area contributed by atoms with Crippen molar-refractivity contribution in [2.24, 2.45) is 0 Å². The second-order valence-corrected chi connectivity index (χ2v) is 5.88. The number of nitrogens with one attached hydrogen (secondary N) is 2. The molecule has 6 heteroatoms. The molecule has 2 rings (SSSR count). The van der Waals surface area contributed by atoms with Gasteiger partial charge in [-0.05, 0) is 12.1 Å². The lowest BCUT2D eigenvalue weighted by Crippen LogP contribution is -2.39. The van der Waals surface area contributed by atoms with Gasteiger partial charge in [-0.3, -0.25) is 4.79 Å². The van der Waals surface area contributed by atoms with Gasteiger partial charge in [0.25, 0.3) is 0 Å². The third kappa shape index (κ3) is 4.30. The van der Waals surface area contributed by atoms with Gasteiger partial charge in [-0.25, -0.2) is 0 Å². The molecule has 0 aromatic heterocycles. The molecule has 0 spiro atoms. The zero-order valence-electron chi connectivity index (χ0n) is 10.7. The fourth-order valence-corrected chi connectivity index (χ4v) is 3.02. The zero-order valence-corrected chi connectivity index (χ0v) is 12.3. The SMILES string of the molecule is COc1ccc(Cl)c(NC(=O)CC2CSCCN2)c1. The average Bonchev–Trinajstić information content (AvgIpc) is 2.42. The first-order chi connectivity index (χ1) is 9.19. The summed E-state index contributed by atoms with van der Waals surface area (Å²) < 4.78 is 5.12. The molecule has 1 amide bonds. The molecule has 4 nitrogen and oxygen atoms in total. The molecular formula is C13H17ClN2O2S. The second-order valence-electron chi connectivity index (χ2n) is 4.32. The highest BCUT2D eigenvalue weighted by Gasteiger charge is 2.17. The molecule has 104 valence electrons. The first-order valence-corrected chi connectivity index (χ1v) is 7.67. The maximum atomic E-state index is 12.0. The van der Waals surface area contributed by atoms with E-state index in [1.807, 2.05) is 11.8 Å². The maximum absolute atomic E-state index is 12.0. The minimum absolute atomic E-state index is 0.0323. The van der Waals surface area contributed by atoms with Crippen LogP contribution in [0, 0.1) is 0 Å². The van der Waals surface area contributed by atoms with Gasteiger partial charge in [0.2, 0.25) is 5.91 Å². The number of carbonyl (C=O) groups excluding carboxylic acids is 1. The van der Waals surface area contributed by atoms with E-state index in [4.69, 9.17) is 16.3 Å². The summed E-state index contributed by atoms with van der Waals surface area (Å²) in [5.74, 6) is 2.72. The molecule has 0 aliphatic carbocycles. The number of ether oxygens (including phenoxy) is 1. The topological polar surface area (TPSA) is 50.4 Å². The van der Waals surface area contributed by atoms with E-state index in [-0.39, 0.29) is 11.9 Å². The van der Waals surface area contributed by atoms with Crippen LogP contribution >= 0.6 is 23.4 Å². The number of anilines is 1. The van der Waals surface area contributed by atoms with Gasteiger partial charge in [-0.2, -0.15) is 11.8 Å². The quantitative estimate of drug-likeness (QED) is 0.896. The van der Waals surface area contributed by atoms with E-state index in [0.717, 1.165) is 18.1 Å².